The highest BCUT2D eigenvalue weighted by Crippen LogP contribution is 2.44. The summed E-state index contributed by atoms with van der Waals surface area (Å²) in [6.07, 6.45) is -1.06. The molecule has 1 aromatic rings. The number of nitrogens with zero attached hydrogens (tertiary/aromatic N) is 1. The number of hydrogen-bond acceptors (Lipinski definition) is 5. The van der Waals surface area contributed by atoms with Gasteiger partial charge in [-0.3, -0.25) is 10.1 Å². The van der Waals surface area contributed by atoms with Gasteiger partial charge in [0.25, 0.3) is 0 Å². The van der Waals surface area contributed by atoms with E-state index in [1.54, 1.807) is 25.1 Å². The summed E-state index contributed by atoms with van der Waals surface area (Å²) in [5.74, 6) is 0.160. The van der Waals surface area contributed by atoms with Crippen LogP contribution in [0.2, 0.25) is 0 Å². The van der Waals surface area contributed by atoms with Crippen molar-refractivity contribution in [3.63, 3.8) is 0 Å². The summed E-state index contributed by atoms with van der Waals surface area (Å²) in [4.78, 5) is 10.4. The predicted octanol–water partition coefficient (Wildman–Crippen LogP) is 1.40. The SMILES string of the molecule is COc1cccc2c1OC(O)C(C)C2C[N+](=O)[O-]. The Morgan fingerprint density at radius 2 is 2.28 bits per heavy atom. The maximum atomic E-state index is 10.7. The number of rotatable bonds is 3. The fourth-order valence-corrected chi connectivity index (χ4v) is 2.25. The van der Waals surface area contributed by atoms with Crippen molar-refractivity contribution in [1.29, 1.82) is 0 Å². The van der Waals surface area contributed by atoms with E-state index in [2.05, 4.69) is 0 Å². The van der Waals surface area contributed by atoms with Gasteiger partial charge in [-0.15, -0.1) is 0 Å². The molecule has 0 radical (unpaired) electrons. The van der Waals surface area contributed by atoms with Crippen LogP contribution in [0, 0.1) is 16.0 Å². The van der Waals surface area contributed by atoms with Crippen LogP contribution >= 0.6 is 0 Å². The summed E-state index contributed by atoms with van der Waals surface area (Å²) >= 11 is 0. The van der Waals surface area contributed by atoms with Crippen LogP contribution in [0.3, 0.4) is 0 Å². The van der Waals surface area contributed by atoms with Crippen LogP contribution in [-0.4, -0.2) is 30.0 Å². The Labute approximate surface area is 104 Å². The highest BCUT2D eigenvalue weighted by Gasteiger charge is 2.38. The van der Waals surface area contributed by atoms with Gasteiger partial charge in [0, 0.05) is 16.4 Å². The molecule has 0 fully saturated rings. The van der Waals surface area contributed by atoms with Crippen molar-refractivity contribution in [2.75, 3.05) is 13.7 Å². The van der Waals surface area contributed by atoms with Crippen LogP contribution < -0.4 is 9.47 Å². The molecule has 6 nitrogen and oxygen atoms in total. The molecule has 1 aromatic carbocycles. The van der Waals surface area contributed by atoms with Crippen molar-refractivity contribution < 1.29 is 19.5 Å². The number of nitro groups is 1. The predicted molar refractivity (Wildman–Crippen MR) is 63.4 cm³/mol. The molecule has 3 atom stereocenters. The molecule has 1 heterocycles. The zero-order valence-electron chi connectivity index (χ0n) is 10.2. The van der Waals surface area contributed by atoms with Crippen molar-refractivity contribution in [3.8, 4) is 11.5 Å². The van der Waals surface area contributed by atoms with Gasteiger partial charge in [-0.25, -0.2) is 0 Å². The number of aliphatic hydroxyl groups is 1. The molecule has 18 heavy (non-hydrogen) atoms. The van der Waals surface area contributed by atoms with E-state index < -0.39 is 6.29 Å². The molecule has 1 N–H and O–H groups in total. The van der Waals surface area contributed by atoms with Gasteiger partial charge in [-0.05, 0) is 6.07 Å². The number of ether oxygens (including phenoxy) is 2. The van der Waals surface area contributed by atoms with Gasteiger partial charge in [0.15, 0.2) is 11.5 Å². The van der Waals surface area contributed by atoms with Gasteiger partial charge in [-0.1, -0.05) is 19.1 Å². The molecule has 98 valence electrons. The van der Waals surface area contributed by atoms with Crippen molar-refractivity contribution in [3.05, 3.63) is 33.9 Å². The molecular weight excluding hydrogens is 238 g/mol. The Hall–Kier alpha value is -1.82. The third-order valence-corrected chi connectivity index (χ3v) is 3.30. The topological polar surface area (TPSA) is 81.8 Å². The summed E-state index contributed by atoms with van der Waals surface area (Å²) in [6, 6.07) is 5.23. The molecule has 6 heteroatoms. The molecule has 0 saturated carbocycles. The van der Waals surface area contributed by atoms with Crippen LogP contribution in [0.1, 0.15) is 18.4 Å². The van der Waals surface area contributed by atoms with Crippen LogP contribution in [0.5, 0.6) is 11.5 Å². The standard InChI is InChI=1S/C12H15NO5/c1-7-9(6-13(15)16)8-4-3-5-10(17-2)11(8)18-12(7)14/h3-5,7,9,12,14H,6H2,1-2H3. The lowest BCUT2D eigenvalue weighted by molar-refractivity contribution is -0.486. The van der Waals surface area contributed by atoms with Crippen molar-refractivity contribution in [2.45, 2.75) is 19.1 Å². The first-order valence-corrected chi connectivity index (χ1v) is 5.68. The Morgan fingerprint density at radius 3 is 2.89 bits per heavy atom. The molecule has 0 saturated heterocycles. The number of hydrogen-bond donors (Lipinski definition) is 1. The van der Waals surface area contributed by atoms with Gasteiger partial charge in [-0.2, -0.15) is 0 Å². The van der Waals surface area contributed by atoms with E-state index in [4.69, 9.17) is 9.47 Å². The number of aliphatic hydroxyl groups excluding tert-OH is 1. The fourth-order valence-electron chi connectivity index (χ4n) is 2.25. The lowest BCUT2D eigenvalue weighted by atomic mass is 9.84. The van der Waals surface area contributed by atoms with Crippen LogP contribution in [0.15, 0.2) is 18.2 Å². The van der Waals surface area contributed by atoms with E-state index in [0.717, 1.165) is 0 Å². The summed E-state index contributed by atoms with van der Waals surface area (Å²) in [6.45, 7) is 1.50. The first kappa shape index (κ1) is 12.6. The van der Waals surface area contributed by atoms with Crippen LogP contribution in [0.4, 0.5) is 0 Å². The normalized spacial score (nSPS) is 26.1. The summed E-state index contributed by atoms with van der Waals surface area (Å²) in [5, 5.41) is 20.6. The Kier molecular flexibility index (Phi) is 3.38. The summed E-state index contributed by atoms with van der Waals surface area (Å²) in [7, 11) is 1.49. The second-order valence-electron chi connectivity index (χ2n) is 4.37. The highest BCUT2D eigenvalue weighted by atomic mass is 16.6. The van der Waals surface area contributed by atoms with E-state index in [9.17, 15) is 15.2 Å². The van der Waals surface area contributed by atoms with Crippen molar-refractivity contribution >= 4 is 0 Å². The molecule has 1 aliphatic heterocycles. The van der Waals surface area contributed by atoms with Gasteiger partial charge in [0.1, 0.15) is 0 Å². The average Bonchev–Trinajstić information content (AvgIpc) is 2.34. The minimum Gasteiger partial charge on any atom is -0.493 e. The average molecular weight is 253 g/mol. The number of benzene rings is 1. The Bertz CT molecular complexity index is 462. The zero-order valence-corrected chi connectivity index (χ0v) is 10.2. The maximum Gasteiger partial charge on any atom is 0.211 e. The molecule has 3 unspecified atom stereocenters. The largest absolute Gasteiger partial charge is 0.493 e. The van der Waals surface area contributed by atoms with E-state index in [-0.39, 0.29) is 23.3 Å². The molecule has 2 rings (SSSR count). The van der Waals surface area contributed by atoms with Gasteiger partial charge in [0.05, 0.1) is 13.0 Å². The van der Waals surface area contributed by atoms with Gasteiger partial charge >= 0.3 is 0 Å². The summed E-state index contributed by atoms with van der Waals surface area (Å²) in [5.41, 5.74) is 0.712. The number of methoxy groups -OCH3 is 1. The third-order valence-electron chi connectivity index (χ3n) is 3.30. The minimum atomic E-state index is -1.06. The van der Waals surface area contributed by atoms with Crippen LogP contribution in [0.25, 0.3) is 0 Å². The van der Waals surface area contributed by atoms with E-state index in [0.29, 0.717) is 17.1 Å². The second-order valence-corrected chi connectivity index (χ2v) is 4.37. The van der Waals surface area contributed by atoms with Gasteiger partial charge in [0.2, 0.25) is 12.8 Å². The molecule has 0 bridgehead atoms. The Balaban J connectivity index is 2.46. The number of para-hydroxylation sites is 1. The summed E-state index contributed by atoms with van der Waals surface area (Å²) < 4.78 is 10.5. The third kappa shape index (κ3) is 2.11. The first-order valence-electron chi connectivity index (χ1n) is 5.68. The fraction of sp³-hybridized carbons (Fsp3) is 0.500. The molecule has 0 spiro atoms. The van der Waals surface area contributed by atoms with Crippen LogP contribution in [-0.2, 0) is 0 Å². The first-order chi connectivity index (χ1) is 8.54. The molecule has 0 amide bonds. The molecular formula is C12H15NO5. The van der Waals surface area contributed by atoms with Gasteiger partial charge < -0.3 is 14.6 Å². The molecule has 1 aliphatic rings. The minimum absolute atomic E-state index is 0.234. The van der Waals surface area contributed by atoms with E-state index in [1.807, 2.05) is 0 Å². The lowest BCUT2D eigenvalue weighted by Gasteiger charge is -2.33. The lowest BCUT2D eigenvalue weighted by Crippen LogP contribution is -2.37. The number of fused-ring (bicyclic) bond motifs is 1. The van der Waals surface area contributed by atoms with E-state index in [1.165, 1.54) is 7.11 Å². The quantitative estimate of drug-likeness (QED) is 0.650. The molecule has 0 aromatic heterocycles. The highest BCUT2D eigenvalue weighted by molar-refractivity contribution is 5.49. The molecule has 0 aliphatic carbocycles. The zero-order chi connectivity index (χ0) is 13.3. The smallest absolute Gasteiger partial charge is 0.211 e. The van der Waals surface area contributed by atoms with E-state index >= 15 is 0 Å². The monoisotopic (exact) mass is 253 g/mol. The van der Waals surface area contributed by atoms with Crippen molar-refractivity contribution in [2.24, 2.45) is 5.92 Å². The Morgan fingerprint density at radius 1 is 1.56 bits per heavy atom. The maximum absolute atomic E-state index is 10.7. The van der Waals surface area contributed by atoms with Crippen molar-refractivity contribution in [1.82, 2.24) is 0 Å². The second kappa shape index (κ2) is 4.81.